The molecule has 0 aliphatic carbocycles. The van der Waals surface area contributed by atoms with Gasteiger partial charge in [0.2, 0.25) is 11.8 Å². The molecule has 0 fully saturated rings. The van der Waals surface area contributed by atoms with Gasteiger partial charge in [0.25, 0.3) is 0 Å². The van der Waals surface area contributed by atoms with Crippen LogP contribution in [0, 0.1) is 0 Å². The van der Waals surface area contributed by atoms with Crippen molar-refractivity contribution in [1.82, 2.24) is 10.6 Å². The molecule has 0 atom stereocenters. The van der Waals surface area contributed by atoms with Gasteiger partial charge in [-0.3, -0.25) is 9.59 Å². The zero-order valence-electron chi connectivity index (χ0n) is 11.6. The Balaban J connectivity index is 3.82. The Labute approximate surface area is 103 Å². The lowest BCUT2D eigenvalue weighted by Gasteiger charge is -2.21. The van der Waals surface area contributed by atoms with Crippen LogP contribution in [-0.2, 0) is 14.3 Å². The van der Waals surface area contributed by atoms with Crippen LogP contribution < -0.4 is 10.6 Å². The molecule has 0 aromatic heterocycles. The summed E-state index contributed by atoms with van der Waals surface area (Å²) in [4.78, 5) is 22.7. The van der Waals surface area contributed by atoms with Crippen molar-refractivity contribution in [3.8, 4) is 0 Å². The molecular formula is C12H24N2O3. The molecule has 0 aromatic rings. The monoisotopic (exact) mass is 244 g/mol. The fourth-order valence-corrected chi connectivity index (χ4v) is 0.974. The van der Waals surface area contributed by atoms with Crippen molar-refractivity contribution in [1.29, 1.82) is 0 Å². The van der Waals surface area contributed by atoms with Gasteiger partial charge in [-0.1, -0.05) is 0 Å². The van der Waals surface area contributed by atoms with E-state index in [4.69, 9.17) is 4.74 Å². The maximum Gasteiger partial charge on any atom is 0.246 e. The second-order valence-electron chi connectivity index (χ2n) is 5.98. The van der Waals surface area contributed by atoms with Gasteiger partial charge in [0.05, 0.1) is 12.1 Å². The fraction of sp³-hybridized carbons (Fsp3) is 0.833. The molecule has 0 aromatic carbocycles. The van der Waals surface area contributed by atoms with Crippen molar-refractivity contribution >= 4 is 11.8 Å². The van der Waals surface area contributed by atoms with Gasteiger partial charge in [-0.15, -0.1) is 0 Å². The molecular weight excluding hydrogens is 220 g/mol. The smallest absolute Gasteiger partial charge is 0.246 e. The van der Waals surface area contributed by atoms with Gasteiger partial charge in [0.1, 0.15) is 6.61 Å². The summed E-state index contributed by atoms with van der Waals surface area (Å²) in [5, 5.41) is 5.25. The largest absolute Gasteiger partial charge is 0.366 e. The van der Waals surface area contributed by atoms with E-state index in [9.17, 15) is 9.59 Å². The minimum atomic E-state index is -0.356. The molecule has 0 saturated carbocycles. The van der Waals surface area contributed by atoms with Gasteiger partial charge >= 0.3 is 0 Å². The average molecular weight is 244 g/mol. The summed E-state index contributed by atoms with van der Waals surface area (Å²) in [5.74, 6) is -0.495. The van der Waals surface area contributed by atoms with Crippen molar-refractivity contribution in [2.24, 2.45) is 0 Å². The van der Waals surface area contributed by atoms with Crippen LogP contribution in [0.5, 0.6) is 0 Å². The van der Waals surface area contributed by atoms with E-state index < -0.39 is 0 Å². The minimum Gasteiger partial charge on any atom is -0.366 e. The zero-order chi connectivity index (χ0) is 13.7. The molecule has 100 valence electrons. The van der Waals surface area contributed by atoms with Gasteiger partial charge in [0, 0.05) is 5.54 Å². The van der Waals surface area contributed by atoms with Crippen LogP contribution in [0.25, 0.3) is 0 Å². The highest BCUT2D eigenvalue weighted by Gasteiger charge is 2.15. The lowest BCUT2D eigenvalue weighted by atomic mass is 10.1. The average Bonchev–Trinajstić information content (AvgIpc) is 2.07. The molecule has 17 heavy (non-hydrogen) atoms. The normalized spacial score (nSPS) is 12.1. The third-order valence-electron chi connectivity index (χ3n) is 1.60. The number of nitrogens with one attached hydrogen (secondary N) is 2. The van der Waals surface area contributed by atoms with Crippen molar-refractivity contribution in [2.45, 2.75) is 52.7 Å². The first-order chi connectivity index (χ1) is 7.49. The summed E-state index contributed by atoms with van der Waals surface area (Å²) < 4.78 is 5.28. The topological polar surface area (TPSA) is 67.4 Å². The quantitative estimate of drug-likeness (QED) is 0.770. The number of ether oxygens (including phenoxy) is 1. The van der Waals surface area contributed by atoms with Gasteiger partial charge < -0.3 is 15.4 Å². The van der Waals surface area contributed by atoms with Crippen LogP contribution in [0.2, 0.25) is 0 Å². The Hall–Kier alpha value is -1.10. The third kappa shape index (κ3) is 11.2. The Bertz CT molecular complexity index is 274. The minimum absolute atomic E-state index is 0.0242. The molecule has 2 amide bonds. The van der Waals surface area contributed by atoms with Crippen LogP contribution in [0.15, 0.2) is 0 Å². The van der Waals surface area contributed by atoms with Crippen LogP contribution in [0.3, 0.4) is 0 Å². The lowest BCUT2D eigenvalue weighted by Crippen LogP contribution is -2.46. The number of hydrogen-bond acceptors (Lipinski definition) is 3. The maximum absolute atomic E-state index is 11.4. The molecule has 0 saturated heterocycles. The number of rotatable bonds is 4. The third-order valence-corrected chi connectivity index (χ3v) is 1.60. The fourth-order valence-electron chi connectivity index (χ4n) is 0.974. The summed E-state index contributed by atoms with van der Waals surface area (Å²) in [7, 11) is 0. The first-order valence-corrected chi connectivity index (χ1v) is 5.71. The highest BCUT2D eigenvalue weighted by Crippen LogP contribution is 2.05. The zero-order valence-corrected chi connectivity index (χ0v) is 11.6. The van der Waals surface area contributed by atoms with Crippen LogP contribution in [0.4, 0.5) is 0 Å². The molecule has 5 nitrogen and oxygen atoms in total. The summed E-state index contributed by atoms with van der Waals surface area (Å²) in [6.07, 6.45) is 0. The van der Waals surface area contributed by atoms with Crippen LogP contribution in [0.1, 0.15) is 41.5 Å². The first kappa shape index (κ1) is 15.9. The van der Waals surface area contributed by atoms with Crippen LogP contribution in [-0.4, -0.2) is 36.1 Å². The Morgan fingerprint density at radius 3 is 1.94 bits per heavy atom. The lowest BCUT2D eigenvalue weighted by molar-refractivity contribution is -0.133. The second kappa shape index (κ2) is 6.00. The molecule has 5 heteroatoms. The molecule has 0 unspecified atom stereocenters. The van der Waals surface area contributed by atoms with Gasteiger partial charge in [-0.05, 0) is 41.5 Å². The standard InChI is InChI=1S/C12H24N2O3/c1-11(2,3)14-9(15)7-13-10(16)8-17-12(4,5)6/h7-8H2,1-6H3,(H,13,16)(H,14,15). The number of amides is 2. The first-order valence-electron chi connectivity index (χ1n) is 5.71. The van der Waals surface area contributed by atoms with E-state index in [1.165, 1.54) is 0 Å². The summed E-state index contributed by atoms with van der Waals surface area (Å²) >= 11 is 0. The van der Waals surface area contributed by atoms with E-state index in [0.29, 0.717) is 0 Å². The highest BCUT2D eigenvalue weighted by molar-refractivity contribution is 5.85. The van der Waals surface area contributed by atoms with Crippen molar-refractivity contribution in [3.05, 3.63) is 0 Å². The van der Waals surface area contributed by atoms with E-state index in [1.54, 1.807) is 0 Å². The Morgan fingerprint density at radius 1 is 1.00 bits per heavy atom. The van der Waals surface area contributed by atoms with E-state index in [-0.39, 0.29) is 36.1 Å². The van der Waals surface area contributed by atoms with E-state index in [1.807, 2.05) is 41.5 Å². The van der Waals surface area contributed by atoms with Crippen molar-refractivity contribution in [2.75, 3.05) is 13.2 Å². The van der Waals surface area contributed by atoms with Gasteiger partial charge in [-0.25, -0.2) is 0 Å². The van der Waals surface area contributed by atoms with Crippen molar-refractivity contribution < 1.29 is 14.3 Å². The summed E-state index contributed by atoms with van der Waals surface area (Å²) in [5.41, 5.74) is -0.644. The highest BCUT2D eigenvalue weighted by atomic mass is 16.5. The molecule has 0 bridgehead atoms. The van der Waals surface area contributed by atoms with Gasteiger partial charge in [-0.2, -0.15) is 0 Å². The molecule has 0 aliphatic rings. The maximum atomic E-state index is 11.4. The summed E-state index contributed by atoms with van der Waals surface area (Å²) in [6, 6.07) is 0. The molecule has 2 N–H and O–H groups in total. The van der Waals surface area contributed by atoms with E-state index >= 15 is 0 Å². The molecule has 0 aliphatic heterocycles. The molecule has 0 rings (SSSR count). The van der Waals surface area contributed by atoms with E-state index in [0.717, 1.165) is 0 Å². The number of carbonyl (C=O) groups excluding carboxylic acids is 2. The molecule has 0 spiro atoms. The Morgan fingerprint density at radius 2 is 1.53 bits per heavy atom. The summed E-state index contributed by atoms with van der Waals surface area (Å²) in [6.45, 7) is 11.2. The number of carbonyl (C=O) groups is 2. The predicted octanol–water partition coefficient (Wildman–Crippen LogP) is 0.832. The van der Waals surface area contributed by atoms with E-state index in [2.05, 4.69) is 10.6 Å². The molecule has 0 heterocycles. The molecule has 0 radical (unpaired) electrons. The SMILES string of the molecule is CC(C)(C)NC(=O)CNC(=O)COC(C)(C)C. The Kier molecular flexibility index (Phi) is 5.61. The predicted molar refractivity (Wildman–Crippen MR) is 66.6 cm³/mol. The van der Waals surface area contributed by atoms with Gasteiger partial charge in [0.15, 0.2) is 0 Å². The van der Waals surface area contributed by atoms with Crippen molar-refractivity contribution in [3.63, 3.8) is 0 Å². The number of hydrogen-bond donors (Lipinski definition) is 2. The second-order valence-corrected chi connectivity index (χ2v) is 5.98. The van der Waals surface area contributed by atoms with Crippen LogP contribution >= 0.6 is 0 Å².